The molecule has 1 aliphatic heterocycles. The number of nitrogens with zero attached hydrogens (tertiary/aromatic N) is 3. The molecule has 3 aromatic rings. The van der Waals surface area contributed by atoms with Crippen LogP contribution in [0, 0.1) is 6.92 Å². The Bertz CT molecular complexity index is 983. The van der Waals surface area contributed by atoms with Crippen molar-refractivity contribution in [2.24, 2.45) is 4.99 Å². The second kappa shape index (κ2) is 6.20. The number of aromatic nitrogens is 2. The summed E-state index contributed by atoms with van der Waals surface area (Å²) in [5, 5.41) is 4.31. The van der Waals surface area contributed by atoms with Crippen LogP contribution >= 0.6 is 0 Å². The van der Waals surface area contributed by atoms with Crippen molar-refractivity contribution in [1.82, 2.24) is 9.78 Å². The van der Waals surface area contributed by atoms with Gasteiger partial charge in [-0.05, 0) is 37.3 Å². The Kier molecular flexibility index (Phi) is 3.74. The summed E-state index contributed by atoms with van der Waals surface area (Å²) >= 11 is 0. The summed E-state index contributed by atoms with van der Waals surface area (Å²) in [6.45, 7) is 2.00. The lowest BCUT2D eigenvalue weighted by atomic mass is 10.1. The van der Waals surface area contributed by atoms with Crippen LogP contribution in [0.2, 0.25) is 0 Å². The Morgan fingerprint density at radius 1 is 1.04 bits per heavy atom. The minimum Gasteiger partial charge on any atom is -0.402 e. The zero-order chi connectivity index (χ0) is 17.2. The number of carbonyl (C=O) groups is 1. The van der Waals surface area contributed by atoms with Gasteiger partial charge in [-0.15, -0.1) is 0 Å². The molecule has 0 fully saturated rings. The quantitative estimate of drug-likeness (QED) is 0.546. The first-order valence-electron chi connectivity index (χ1n) is 7.89. The SMILES string of the molecule is Cc1ccc(C2=N/C(=C/c3cnn(-c4ccccc4)c3)C(=O)O2)cc1. The van der Waals surface area contributed by atoms with Crippen molar-refractivity contribution < 1.29 is 9.53 Å². The second-order valence-corrected chi connectivity index (χ2v) is 5.76. The zero-order valence-corrected chi connectivity index (χ0v) is 13.6. The molecule has 1 aromatic heterocycles. The van der Waals surface area contributed by atoms with E-state index in [4.69, 9.17) is 4.74 Å². The van der Waals surface area contributed by atoms with Gasteiger partial charge in [0.25, 0.3) is 0 Å². The predicted molar refractivity (Wildman–Crippen MR) is 95.3 cm³/mol. The zero-order valence-electron chi connectivity index (χ0n) is 13.6. The van der Waals surface area contributed by atoms with E-state index in [0.717, 1.165) is 22.4 Å². The number of hydrogen-bond donors (Lipinski definition) is 0. The summed E-state index contributed by atoms with van der Waals surface area (Å²) < 4.78 is 7.03. The Labute approximate surface area is 144 Å². The van der Waals surface area contributed by atoms with Crippen molar-refractivity contribution >= 4 is 17.9 Å². The number of ether oxygens (including phenoxy) is 1. The number of hydrogen-bond acceptors (Lipinski definition) is 4. The maximum absolute atomic E-state index is 12.1. The second-order valence-electron chi connectivity index (χ2n) is 5.76. The minimum absolute atomic E-state index is 0.267. The number of aryl methyl sites for hydroxylation is 1. The molecule has 5 heteroatoms. The Morgan fingerprint density at radius 3 is 2.56 bits per heavy atom. The van der Waals surface area contributed by atoms with Gasteiger partial charge in [0.1, 0.15) is 0 Å². The molecule has 1 aliphatic rings. The highest BCUT2D eigenvalue weighted by Crippen LogP contribution is 2.19. The molecular formula is C20H15N3O2. The van der Waals surface area contributed by atoms with Crippen LogP contribution in [-0.2, 0) is 9.53 Å². The number of carbonyl (C=O) groups excluding carboxylic acids is 1. The molecule has 122 valence electrons. The molecule has 0 aliphatic carbocycles. The highest BCUT2D eigenvalue weighted by Gasteiger charge is 2.24. The Balaban J connectivity index is 1.62. The molecule has 0 atom stereocenters. The summed E-state index contributed by atoms with van der Waals surface area (Å²) in [5.41, 5.74) is 3.91. The minimum atomic E-state index is -0.456. The number of cyclic esters (lactones) is 1. The number of esters is 1. The first-order valence-corrected chi connectivity index (χ1v) is 7.89. The monoisotopic (exact) mass is 329 g/mol. The van der Waals surface area contributed by atoms with Crippen molar-refractivity contribution in [3.63, 3.8) is 0 Å². The van der Waals surface area contributed by atoms with Gasteiger partial charge in [0.15, 0.2) is 5.70 Å². The summed E-state index contributed by atoms with van der Waals surface area (Å²) in [5.74, 6) is -0.130. The summed E-state index contributed by atoms with van der Waals surface area (Å²) in [6.07, 6.45) is 5.21. The smallest absolute Gasteiger partial charge is 0.363 e. The van der Waals surface area contributed by atoms with Crippen LogP contribution in [0.15, 0.2) is 77.7 Å². The van der Waals surface area contributed by atoms with Crippen LogP contribution in [0.25, 0.3) is 11.8 Å². The van der Waals surface area contributed by atoms with Crippen molar-refractivity contribution in [3.8, 4) is 5.69 Å². The van der Waals surface area contributed by atoms with Gasteiger partial charge in [0.05, 0.1) is 11.9 Å². The summed E-state index contributed by atoms with van der Waals surface area (Å²) in [7, 11) is 0. The lowest BCUT2D eigenvalue weighted by Crippen LogP contribution is -2.05. The van der Waals surface area contributed by atoms with E-state index in [1.165, 1.54) is 0 Å². The van der Waals surface area contributed by atoms with Gasteiger partial charge in [-0.2, -0.15) is 5.10 Å². The van der Waals surface area contributed by atoms with Crippen LogP contribution in [0.3, 0.4) is 0 Å². The Hall–Kier alpha value is -3.47. The van der Waals surface area contributed by atoms with E-state index < -0.39 is 5.97 Å². The van der Waals surface area contributed by atoms with E-state index in [9.17, 15) is 4.79 Å². The van der Waals surface area contributed by atoms with E-state index in [0.29, 0.717) is 5.90 Å². The van der Waals surface area contributed by atoms with Gasteiger partial charge in [-0.3, -0.25) is 0 Å². The van der Waals surface area contributed by atoms with Crippen molar-refractivity contribution in [2.75, 3.05) is 0 Å². The first-order chi connectivity index (χ1) is 12.2. The van der Waals surface area contributed by atoms with E-state index in [1.54, 1.807) is 17.0 Å². The third-order valence-electron chi connectivity index (χ3n) is 3.85. The molecule has 0 radical (unpaired) electrons. The molecule has 0 bridgehead atoms. The fourth-order valence-corrected chi connectivity index (χ4v) is 2.52. The topological polar surface area (TPSA) is 56.5 Å². The first kappa shape index (κ1) is 15.1. The van der Waals surface area contributed by atoms with Crippen molar-refractivity contribution in [3.05, 3.63) is 89.4 Å². The average molecular weight is 329 g/mol. The lowest BCUT2D eigenvalue weighted by molar-refractivity contribution is -0.129. The van der Waals surface area contributed by atoms with Crippen LogP contribution in [0.5, 0.6) is 0 Å². The number of aliphatic imine (C=N–C) groups is 1. The molecule has 25 heavy (non-hydrogen) atoms. The van der Waals surface area contributed by atoms with Gasteiger partial charge < -0.3 is 4.74 Å². The molecule has 0 unspecified atom stereocenters. The summed E-state index contributed by atoms with van der Waals surface area (Å²) in [4.78, 5) is 16.4. The van der Waals surface area contributed by atoms with Crippen LogP contribution in [0.4, 0.5) is 0 Å². The number of para-hydroxylation sites is 1. The molecule has 2 heterocycles. The third kappa shape index (κ3) is 3.12. The van der Waals surface area contributed by atoms with Crippen molar-refractivity contribution in [2.45, 2.75) is 6.92 Å². The van der Waals surface area contributed by atoms with Gasteiger partial charge in [-0.1, -0.05) is 35.9 Å². The third-order valence-corrected chi connectivity index (χ3v) is 3.85. The standard InChI is InChI=1S/C20H15N3O2/c1-14-7-9-16(10-8-14)19-22-18(20(24)25-19)11-15-12-21-23(13-15)17-5-3-2-4-6-17/h2-13H,1H3/b18-11+. The van der Waals surface area contributed by atoms with E-state index >= 15 is 0 Å². The van der Waals surface area contributed by atoms with Crippen LogP contribution in [0.1, 0.15) is 16.7 Å². The summed E-state index contributed by atoms with van der Waals surface area (Å²) in [6, 6.07) is 17.4. The highest BCUT2D eigenvalue weighted by atomic mass is 16.6. The maximum Gasteiger partial charge on any atom is 0.363 e. The fraction of sp³-hybridized carbons (Fsp3) is 0.0500. The van der Waals surface area contributed by atoms with Crippen LogP contribution in [-0.4, -0.2) is 21.6 Å². The van der Waals surface area contributed by atoms with E-state index in [-0.39, 0.29) is 5.70 Å². The molecule has 4 rings (SSSR count). The molecule has 0 amide bonds. The highest BCUT2D eigenvalue weighted by molar-refractivity contribution is 6.12. The maximum atomic E-state index is 12.1. The molecule has 0 saturated carbocycles. The normalized spacial score (nSPS) is 15.3. The molecule has 0 saturated heterocycles. The van der Waals surface area contributed by atoms with Gasteiger partial charge in [0, 0.05) is 17.3 Å². The van der Waals surface area contributed by atoms with E-state index in [1.807, 2.05) is 67.7 Å². The van der Waals surface area contributed by atoms with Crippen LogP contribution < -0.4 is 0 Å². The average Bonchev–Trinajstić information content (AvgIpc) is 3.24. The molecule has 0 spiro atoms. The largest absolute Gasteiger partial charge is 0.402 e. The lowest BCUT2D eigenvalue weighted by Gasteiger charge is -1.99. The molecule has 2 aromatic carbocycles. The number of benzene rings is 2. The number of rotatable bonds is 3. The van der Waals surface area contributed by atoms with Gasteiger partial charge in [0.2, 0.25) is 5.90 Å². The Morgan fingerprint density at radius 2 is 1.80 bits per heavy atom. The van der Waals surface area contributed by atoms with Gasteiger partial charge >= 0.3 is 5.97 Å². The van der Waals surface area contributed by atoms with Crippen molar-refractivity contribution in [1.29, 1.82) is 0 Å². The molecule has 0 N–H and O–H groups in total. The van der Waals surface area contributed by atoms with Gasteiger partial charge in [-0.25, -0.2) is 14.5 Å². The van der Waals surface area contributed by atoms with E-state index in [2.05, 4.69) is 10.1 Å². The predicted octanol–water partition coefficient (Wildman–Crippen LogP) is 3.53. The fourth-order valence-electron chi connectivity index (χ4n) is 2.52. The molecule has 5 nitrogen and oxygen atoms in total. The molecular weight excluding hydrogens is 314 g/mol.